The van der Waals surface area contributed by atoms with E-state index in [4.69, 9.17) is 5.10 Å². The molecule has 0 unspecified atom stereocenters. The molecular weight excluding hydrogens is 355 g/mol. The van der Waals surface area contributed by atoms with Crippen molar-refractivity contribution in [2.24, 2.45) is 0 Å². The lowest BCUT2D eigenvalue weighted by Crippen LogP contribution is -2.25. The topological polar surface area (TPSA) is 59.8 Å². The second-order valence-electron chi connectivity index (χ2n) is 7.39. The van der Waals surface area contributed by atoms with Gasteiger partial charge in [-0.3, -0.25) is 9.78 Å². The molecule has 6 heteroatoms. The van der Waals surface area contributed by atoms with Gasteiger partial charge in [0.25, 0.3) is 5.91 Å². The number of carbonyl (C=O) groups is 1. The van der Waals surface area contributed by atoms with Crippen LogP contribution in [0.3, 0.4) is 0 Å². The predicted octanol–water partition coefficient (Wildman–Crippen LogP) is 4.58. The number of halogens is 1. The molecule has 0 aliphatic carbocycles. The molecule has 0 atom stereocenters. The van der Waals surface area contributed by atoms with Crippen molar-refractivity contribution in [3.63, 3.8) is 0 Å². The van der Waals surface area contributed by atoms with Gasteiger partial charge in [-0.05, 0) is 41.7 Å². The van der Waals surface area contributed by atoms with Crippen molar-refractivity contribution in [3.05, 3.63) is 77.1 Å². The molecule has 28 heavy (non-hydrogen) atoms. The summed E-state index contributed by atoms with van der Waals surface area (Å²) in [6, 6.07) is 10.0. The van der Waals surface area contributed by atoms with Crippen LogP contribution in [0.5, 0.6) is 0 Å². The smallest absolute Gasteiger partial charge is 0.255 e. The molecule has 0 radical (unpaired) electrons. The van der Waals surface area contributed by atoms with E-state index in [1.54, 1.807) is 29.2 Å². The molecule has 0 spiro atoms. The molecule has 0 aliphatic rings. The zero-order valence-electron chi connectivity index (χ0n) is 16.6. The summed E-state index contributed by atoms with van der Waals surface area (Å²) in [6.45, 7) is 8.40. The van der Waals surface area contributed by atoms with E-state index in [-0.39, 0.29) is 23.6 Å². The van der Waals surface area contributed by atoms with Gasteiger partial charge < -0.3 is 5.32 Å². The summed E-state index contributed by atoms with van der Waals surface area (Å²) in [6.07, 6.45) is 3.42. The van der Waals surface area contributed by atoms with Gasteiger partial charge in [-0.15, -0.1) is 0 Å². The highest BCUT2D eigenvalue weighted by molar-refractivity contribution is 5.97. The van der Waals surface area contributed by atoms with E-state index in [1.165, 1.54) is 12.1 Å². The Morgan fingerprint density at radius 3 is 2.54 bits per heavy atom. The van der Waals surface area contributed by atoms with Gasteiger partial charge >= 0.3 is 0 Å². The Morgan fingerprint density at radius 2 is 1.93 bits per heavy atom. The Balaban J connectivity index is 2.04. The largest absolute Gasteiger partial charge is 0.348 e. The number of hydrogen-bond acceptors (Lipinski definition) is 3. The van der Waals surface area contributed by atoms with Crippen molar-refractivity contribution in [2.75, 3.05) is 0 Å². The molecule has 1 aromatic carbocycles. The number of benzene rings is 1. The van der Waals surface area contributed by atoms with Gasteiger partial charge in [-0.1, -0.05) is 39.8 Å². The van der Waals surface area contributed by atoms with Gasteiger partial charge in [0.1, 0.15) is 5.82 Å². The molecule has 1 amide bonds. The molecule has 0 saturated carbocycles. The minimum atomic E-state index is -0.337. The number of aromatic nitrogens is 3. The maximum atomic E-state index is 13.8. The number of pyridine rings is 1. The SMILES string of the molecule is CC(C)c1nn(-c2cccc(F)c2)c(C(C)C)c1C(=O)NCc1cccnc1. The number of amides is 1. The van der Waals surface area contributed by atoms with E-state index in [9.17, 15) is 9.18 Å². The lowest BCUT2D eigenvalue weighted by atomic mass is 9.98. The average Bonchev–Trinajstić information content (AvgIpc) is 3.08. The first-order valence-corrected chi connectivity index (χ1v) is 9.44. The molecule has 5 nitrogen and oxygen atoms in total. The lowest BCUT2D eigenvalue weighted by molar-refractivity contribution is 0.0948. The van der Waals surface area contributed by atoms with Crippen LogP contribution in [0.15, 0.2) is 48.8 Å². The molecule has 0 aliphatic heterocycles. The number of nitrogens with zero attached hydrogens (tertiary/aromatic N) is 3. The first kappa shape index (κ1) is 19.7. The Bertz CT molecular complexity index is 964. The monoisotopic (exact) mass is 380 g/mol. The second kappa shape index (κ2) is 8.33. The first-order valence-electron chi connectivity index (χ1n) is 9.44. The van der Waals surface area contributed by atoms with E-state index in [0.29, 0.717) is 23.5 Å². The van der Waals surface area contributed by atoms with Crippen LogP contribution in [0, 0.1) is 5.82 Å². The molecule has 2 heterocycles. The number of carbonyl (C=O) groups excluding carboxylic acids is 1. The summed E-state index contributed by atoms with van der Waals surface area (Å²) in [5.41, 5.74) is 3.58. The van der Waals surface area contributed by atoms with Crippen molar-refractivity contribution in [2.45, 2.75) is 46.1 Å². The number of rotatable bonds is 6. The van der Waals surface area contributed by atoms with Gasteiger partial charge in [0.15, 0.2) is 0 Å². The Hall–Kier alpha value is -3.02. The van der Waals surface area contributed by atoms with E-state index in [0.717, 1.165) is 11.3 Å². The first-order chi connectivity index (χ1) is 13.4. The van der Waals surface area contributed by atoms with Gasteiger partial charge in [0.05, 0.1) is 22.6 Å². The normalized spacial score (nSPS) is 11.2. The van der Waals surface area contributed by atoms with Crippen molar-refractivity contribution in [3.8, 4) is 5.69 Å². The molecule has 0 bridgehead atoms. The highest BCUT2D eigenvalue weighted by atomic mass is 19.1. The molecule has 0 saturated heterocycles. The summed E-state index contributed by atoms with van der Waals surface area (Å²) < 4.78 is 15.5. The van der Waals surface area contributed by atoms with E-state index >= 15 is 0 Å². The summed E-state index contributed by atoms with van der Waals surface area (Å²) in [5.74, 6) is -0.441. The van der Waals surface area contributed by atoms with Gasteiger partial charge in [-0.2, -0.15) is 5.10 Å². The molecule has 1 N–H and O–H groups in total. The average molecular weight is 380 g/mol. The second-order valence-corrected chi connectivity index (χ2v) is 7.39. The zero-order chi connectivity index (χ0) is 20.3. The summed E-state index contributed by atoms with van der Waals surface area (Å²) in [4.78, 5) is 17.2. The quantitative estimate of drug-likeness (QED) is 0.681. The van der Waals surface area contributed by atoms with Crippen molar-refractivity contribution >= 4 is 5.91 Å². The molecule has 2 aromatic heterocycles. The Morgan fingerprint density at radius 1 is 1.14 bits per heavy atom. The van der Waals surface area contributed by atoms with E-state index in [1.807, 2.05) is 39.8 Å². The molecule has 3 rings (SSSR count). The third-order valence-corrected chi connectivity index (χ3v) is 4.50. The van der Waals surface area contributed by atoms with Gasteiger partial charge in [0.2, 0.25) is 0 Å². The fourth-order valence-electron chi connectivity index (χ4n) is 3.20. The maximum Gasteiger partial charge on any atom is 0.255 e. The van der Waals surface area contributed by atoms with Gasteiger partial charge in [-0.25, -0.2) is 9.07 Å². The molecule has 3 aromatic rings. The van der Waals surface area contributed by atoms with Crippen molar-refractivity contribution in [1.82, 2.24) is 20.1 Å². The molecule has 0 fully saturated rings. The minimum absolute atomic E-state index is 0.0300. The maximum absolute atomic E-state index is 13.8. The third kappa shape index (κ3) is 4.11. The van der Waals surface area contributed by atoms with Crippen LogP contribution >= 0.6 is 0 Å². The van der Waals surface area contributed by atoms with Crippen LogP contribution in [0.2, 0.25) is 0 Å². The summed E-state index contributed by atoms with van der Waals surface area (Å²) in [5, 5.41) is 7.67. The van der Waals surface area contributed by atoms with Crippen LogP contribution < -0.4 is 5.32 Å². The highest BCUT2D eigenvalue weighted by Crippen LogP contribution is 2.30. The number of hydrogen-bond donors (Lipinski definition) is 1. The molecular formula is C22H25FN4O. The van der Waals surface area contributed by atoms with E-state index < -0.39 is 0 Å². The fourth-order valence-corrected chi connectivity index (χ4v) is 3.20. The van der Waals surface area contributed by atoms with Crippen LogP contribution in [-0.4, -0.2) is 20.7 Å². The van der Waals surface area contributed by atoms with E-state index in [2.05, 4.69) is 10.3 Å². The molecule has 146 valence electrons. The van der Waals surface area contributed by atoms with Crippen LogP contribution in [-0.2, 0) is 6.54 Å². The van der Waals surface area contributed by atoms with Crippen molar-refractivity contribution in [1.29, 1.82) is 0 Å². The highest BCUT2D eigenvalue weighted by Gasteiger charge is 2.27. The Kier molecular flexibility index (Phi) is 5.87. The fraction of sp³-hybridized carbons (Fsp3) is 0.318. The lowest BCUT2D eigenvalue weighted by Gasteiger charge is -2.13. The van der Waals surface area contributed by atoms with Gasteiger partial charge in [0, 0.05) is 18.9 Å². The van der Waals surface area contributed by atoms with Crippen LogP contribution in [0.4, 0.5) is 4.39 Å². The van der Waals surface area contributed by atoms with Crippen molar-refractivity contribution < 1.29 is 9.18 Å². The third-order valence-electron chi connectivity index (χ3n) is 4.50. The standard InChI is InChI=1S/C22H25FN4O/c1-14(2)20-19(22(28)25-13-16-7-6-10-24-12-16)21(15(3)4)27(26-20)18-9-5-8-17(23)11-18/h5-12,14-15H,13H2,1-4H3,(H,25,28). The Labute approximate surface area is 164 Å². The zero-order valence-corrected chi connectivity index (χ0v) is 16.6. The van der Waals surface area contributed by atoms with Crippen LogP contribution in [0.1, 0.15) is 66.8 Å². The van der Waals surface area contributed by atoms with Crippen LogP contribution in [0.25, 0.3) is 5.69 Å². The number of nitrogens with one attached hydrogen (secondary N) is 1. The predicted molar refractivity (Wildman–Crippen MR) is 107 cm³/mol. The summed E-state index contributed by atoms with van der Waals surface area (Å²) >= 11 is 0. The summed E-state index contributed by atoms with van der Waals surface area (Å²) in [7, 11) is 0. The minimum Gasteiger partial charge on any atom is -0.348 e.